The van der Waals surface area contributed by atoms with Crippen LogP contribution in [0.3, 0.4) is 0 Å². The molecule has 21 heavy (non-hydrogen) atoms. The van der Waals surface area contributed by atoms with E-state index in [4.69, 9.17) is 10.5 Å². The zero-order chi connectivity index (χ0) is 15.1. The molecule has 2 aromatic rings. The van der Waals surface area contributed by atoms with Crippen LogP contribution in [0, 0.1) is 11.8 Å². The molecule has 3 nitrogen and oxygen atoms in total. The average molecular weight is 300 g/mol. The fraction of sp³-hybridized carbons (Fsp3) is 0.294. The van der Waals surface area contributed by atoms with Gasteiger partial charge in [-0.15, -0.1) is 11.3 Å². The van der Waals surface area contributed by atoms with Crippen LogP contribution >= 0.6 is 11.3 Å². The molecule has 2 rings (SSSR count). The van der Waals surface area contributed by atoms with Crippen molar-refractivity contribution in [3.8, 4) is 17.6 Å². The Morgan fingerprint density at radius 2 is 2.14 bits per heavy atom. The van der Waals surface area contributed by atoms with Crippen LogP contribution in [0.15, 0.2) is 35.7 Å². The summed E-state index contributed by atoms with van der Waals surface area (Å²) in [5.74, 6) is 6.85. The smallest absolute Gasteiger partial charge is 0.123 e. The molecule has 0 atom stereocenters. The maximum Gasteiger partial charge on any atom is 0.123 e. The van der Waals surface area contributed by atoms with Crippen molar-refractivity contribution in [2.45, 2.75) is 13.1 Å². The average Bonchev–Trinajstić information content (AvgIpc) is 2.98. The SMILES string of the molecule is COc1ccc(C#CCN)cc1CN(C)Cc1cccs1. The second-order valence-corrected chi connectivity index (χ2v) is 5.82. The van der Waals surface area contributed by atoms with Gasteiger partial charge in [-0.3, -0.25) is 4.90 Å². The van der Waals surface area contributed by atoms with Gasteiger partial charge in [0, 0.05) is 29.1 Å². The van der Waals surface area contributed by atoms with Crippen molar-refractivity contribution in [2.24, 2.45) is 5.73 Å². The Kier molecular flexibility index (Phi) is 5.82. The Balaban J connectivity index is 2.12. The van der Waals surface area contributed by atoms with Gasteiger partial charge in [0.1, 0.15) is 5.75 Å². The van der Waals surface area contributed by atoms with E-state index in [1.807, 2.05) is 12.1 Å². The van der Waals surface area contributed by atoms with Gasteiger partial charge >= 0.3 is 0 Å². The van der Waals surface area contributed by atoms with Gasteiger partial charge in [0.05, 0.1) is 13.7 Å². The zero-order valence-corrected chi connectivity index (χ0v) is 13.2. The second kappa shape index (κ2) is 7.84. The molecule has 0 saturated heterocycles. The number of rotatable bonds is 5. The summed E-state index contributed by atoms with van der Waals surface area (Å²) >= 11 is 1.78. The number of hydrogen-bond donors (Lipinski definition) is 1. The zero-order valence-electron chi connectivity index (χ0n) is 12.4. The highest BCUT2D eigenvalue weighted by molar-refractivity contribution is 7.09. The van der Waals surface area contributed by atoms with E-state index >= 15 is 0 Å². The minimum absolute atomic E-state index is 0.375. The van der Waals surface area contributed by atoms with Gasteiger partial charge in [-0.1, -0.05) is 17.9 Å². The normalized spacial score (nSPS) is 10.3. The predicted octanol–water partition coefficient (Wildman–Crippen LogP) is 2.70. The van der Waals surface area contributed by atoms with Crippen LogP contribution in [-0.2, 0) is 13.1 Å². The monoisotopic (exact) mass is 300 g/mol. The lowest BCUT2D eigenvalue weighted by atomic mass is 10.1. The van der Waals surface area contributed by atoms with E-state index in [0.29, 0.717) is 6.54 Å². The van der Waals surface area contributed by atoms with Crippen LogP contribution < -0.4 is 10.5 Å². The summed E-state index contributed by atoms with van der Waals surface area (Å²) in [6.07, 6.45) is 0. The van der Waals surface area contributed by atoms with Crippen LogP contribution in [0.25, 0.3) is 0 Å². The van der Waals surface area contributed by atoms with Crippen LogP contribution in [-0.4, -0.2) is 25.6 Å². The molecule has 110 valence electrons. The summed E-state index contributed by atoms with van der Waals surface area (Å²) in [7, 11) is 3.81. The molecule has 0 amide bonds. The number of nitrogens with zero attached hydrogens (tertiary/aromatic N) is 1. The second-order valence-electron chi connectivity index (χ2n) is 4.78. The highest BCUT2D eigenvalue weighted by Gasteiger charge is 2.08. The Labute approximate surface area is 130 Å². The van der Waals surface area contributed by atoms with E-state index < -0.39 is 0 Å². The molecule has 1 aromatic heterocycles. The minimum atomic E-state index is 0.375. The summed E-state index contributed by atoms with van der Waals surface area (Å²) in [5.41, 5.74) is 7.53. The Morgan fingerprint density at radius 1 is 1.29 bits per heavy atom. The van der Waals surface area contributed by atoms with Crippen molar-refractivity contribution < 1.29 is 4.74 Å². The highest BCUT2D eigenvalue weighted by Crippen LogP contribution is 2.22. The van der Waals surface area contributed by atoms with Crippen molar-refractivity contribution >= 4 is 11.3 Å². The number of nitrogens with two attached hydrogens (primary N) is 1. The number of ether oxygens (including phenoxy) is 1. The third-order valence-electron chi connectivity index (χ3n) is 3.06. The van der Waals surface area contributed by atoms with Crippen LogP contribution in [0.4, 0.5) is 0 Å². The van der Waals surface area contributed by atoms with Crippen molar-refractivity contribution in [3.63, 3.8) is 0 Å². The molecule has 1 aromatic carbocycles. The summed E-state index contributed by atoms with van der Waals surface area (Å²) in [6.45, 7) is 2.12. The lowest BCUT2D eigenvalue weighted by Crippen LogP contribution is -2.17. The van der Waals surface area contributed by atoms with Crippen LogP contribution in [0.2, 0.25) is 0 Å². The van der Waals surface area contributed by atoms with E-state index in [1.54, 1.807) is 18.4 Å². The van der Waals surface area contributed by atoms with Crippen molar-refractivity contribution in [3.05, 3.63) is 51.7 Å². The quantitative estimate of drug-likeness (QED) is 0.863. The molecule has 0 aliphatic rings. The fourth-order valence-corrected chi connectivity index (χ4v) is 2.93. The van der Waals surface area contributed by atoms with Gasteiger partial charge in [0.25, 0.3) is 0 Å². The predicted molar refractivity (Wildman–Crippen MR) is 88.4 cm³/mol. The molecule has 0 aliphatic carbocycles. The molecule has 0 spiro atoms. The van der Waals surface area contributed by atoms with Crippen molar-refractivity contribution in [1.82, 2.24) is 4.90 Å². The van der Waals surface area contributed by atoms with E-state index in [9.17, 15) is 0 Å². The molecule has 0 radical (unpaired) electrons. The molecule has 0 bridgehead atoms. The first-order valence-electron chi connectivity index (χ1n) is 6.79. The van der Waals surface area contributed by atoms with Gasteiger partial charge in [-0.05, 0) is 36.7 Å². The molecular formula is C17H20N2OS. The third-order valence-corrected chi connectivity index (χ3v) is 3.92. The van der Waals surface area contributed by atoms with Gasteiger partial charge in [-0.25, -0.2) is 0 Å². The highest BCUT2D eigenvalue weighted by atomic mass is 32.1. The Hall–Kier alpha value is -1.80. The maximum absolute atomic E-state index is 5.44. The fourth-order valence-electron chi connectivity index (χ4n) is 2.15. The van der Waals surface area contributed by atoms with E-state index in [-0.39, 0.29) is 0 Å². The lowest BCUT2D eigenvalue weighted by Gasteiger charge is -2.18. The third kappa shape index (κ3) is 4.61. The van der Waals surface area contributed by atoms with Gasteiger partial charge < -0.3 is 10.5 Å². The van der Waals surface area contributed by atoms with Crippen molar-refractivity contribution in [1.29, 1.82) is 0 Å². The number of benzene rings is 1. The molecule has 2 N–H and O–H groups in total. The first kappa shape index (κ1) is 15.6. The molecule has 4 heteroatoms. The van der Waals surface area contributed by atoms with E-state index in [1.165, 1.54) is 4.88 Å². The molecule has 0 unspecified atom stereocenters. The van der Waals surface area contributed by atoms with Gasteiger partial charge in [0.15, 0.2) is 0 Å². The van der Waals surface area contributed by atoms with E-state index in [0.717, 1.165) is 30.0 Å². The maximum atomic E-state index is 5.44. The lowest BCUT2D eigenvalue weighted by molar-refractivity contribution is 0.312. The first-order valence-corrected chi connectivity index (χ1v) is 7.67. The Bertz CT molecular complexity index is 626. The summed E-state index contributed by atoms with van der Waals surface area (Å²) in [6, 6.07) is 10.2. The van der Waals surface area contributed by atoms with Gasteiger partial charge in [-0.2, -0.15) is 0 Å². The molecule has 1 heterocycles. The molecule has 0 aliphatic heterocycles. The molecule has 0 saturated carbocycles. The number of thiophene rings is 1. The largest absolute Gasteiger partial charge is 0.496 e. The Morgan fingerprint density at radius 3 is 2.81 bits per heavy atom. The topological polar surface area (TPSA) is 38.5 Å². The molecular weight excluding hydrogens is 280 g/mol. The van der Waals surface area contributed by atoms with Gasteiger partial charge in [0.2, 0.25) is 0 Å². The molecule has 0 fully saturated rings. The number of methoxy groups -OCH3 is 1. The number of hydrogen-bond acceptors (Lipinski definition) is 4. The van der Waals surface area contributed by atoms with Crippen LogP contribution in [0.5, 0.6) is 5.75 Å². The van der Waals surface area contributed by atoms with Crippen LogP contribution in [0.1, 0.15) is 16.0 Å². The summed E-state index contributed by atoms with van der Waals surface area (Å²) < 4.78 is 5.44. The van der Waals surface area contributed by atoms with E-state index in [2.05, 4.69) is 47.4 Å². The standard InChI is InChI=1S/C17H20N2OS/c1-19(13-16-6-4-10-21-16)12-15-11-14(5-3-9-18)7-8-17(15)20-2/h4,6-8,10-11H,9,12-13,18H2,1-2H3. The summed E-state index contributed by atoms with van der Waals surface area (Å²) in [4.78, 5) is 3.62. The first-order chi connectivity index (χ1) is 10.2. The summed E-state index contributed by atoms with van der Waals surface area (Å²) in [5, 5.41) is 2.10. The minimum Gasteiger partial charge on any atom is -0.496 e. The van der Waals surface area contributed by atoms with Crippen molar-refractivity contribution in [2.75, 3.05) is 20.7 Å².